The number of hydrogen-bond acceptors (Lipinski definition) is 10. The number of nitrogen functional groups attached to an aromatic ring is 1. The number of thiophene rings is 1. The van der Waals surface area contributed by atoms with Crippen LogP contribution in [0.4, 0.5) is 10.6 Å². The number of nitrogens with one attached hydrogen (secondary N) is 1. The molecule has 1 unspecified atom stereocenters. The highest BCUT2D eigenvalue weighted by atomic mass is 32.1. The van der Waals surface area contributed by atoms with Crippen LogP contribution in [-0.4, -0.2) is 57.4 Å². The Morgan fingerprint density at radius 1 is 1.23 bits per heavy atom. The molecule has 31 heavy (non-hydrogen) atoms. The van der Waals surface area contributed by atoms with E-state index in [0.717, 1.165) is 16.2 Å². The highest BCUT2D eigenvalue weighted by Crippen LogP contribution is 2.33. The number of carbonyl (C=O) groups is 4. The molecule has 2 aromatic heterocycles. The molecule has 0 aliphatic carbocycles. The van der Waals surface area contributed by atoms with Crippen LogP contribution in [0.15, 0.2) is 0 Å². The first kappa shape index (κ1) is 22.4. The molecule has 3 rings (SSSR count). The molecule has 0 bridgehead atoms. The minimum Gasteiger partial charge on any atom is -0.462 e. The molecule has 1 aliphatic heterocycles. The Balaban J connectivity index is 1.71. The maximum Gasteiger partial charge on any atom is 0.348 e. The average molecular weight is 449 g/mol. The zero-order chi connectivity index (χ0) is 22.9. The smallest absolute Gasteiger partial charge is 0.348 e. The summed E-state index contributed by atoms with van der Waals surface area (Å²) in [5.41, 5.74) is 5.61. The van der Waals surface area contributed by atoms with Crippen molar-refractivity contribution < 1.29 is 28.7 Å². The van der Waals surface area contributed by atoms with Gasteiger partial charge in [-0.05, 0) is 32.8 Å². The van der Waals surface area contributed by atoms with E-state index < -0.39 is 36.0 Å². The summed E-state index contributed by atoms with van der Waals surface area (Å²) < 4.78 is 10.2. The van der Waals surface area contributed by atoms with Crippen molar-refractivity contribution in [2.24, 2.45) is 0 Å². The molecular formula is C19H23N5O6S. The number of imide groups is 1. The fraction of sp³-hybridized carbons (Fsp3) is 0.474. The van der Waals surface area contributed by atoms with E-state index in [1.54, 1.807) is 27.7 Å². The van der Waals surface area contributed by atoms with Crippen LogP contribution in [0.5, 0.6) is 0 Å². The summed E-state index contributed by atoms with van der Waals surface area (Å²) in [5, 5.41) is 3.11. The number of rotatable bonds is 7. The number of fused-ring (bicyclic) bond motifs is 1. The van der Waals surface area contributed by atoms with E-state index >= 15 is 0 Å². The predicted octanol–water partition coefficient (Wildman–Crippen LogP) is 1.52. The number of aryl methyl sites for hydroxylation is 1. The number of carbonyl (C=O) groups excluding carboxylic acids is 4. The van der Waals surface area contributed by atoms with Gasteiger partial charge in [0.2, 0.25) is 0 Å². The van der Waals surface area contributed by atoms with Crippen LogP contribution in [0.1, 0.15) is 48.3 Å². The van der Waals surface area contributed by atoms with Gasteiger partial charge in [-0.3, -0.25) is 14.5 Å². The van der Waals surface area contributed by atoms with Crippen LogP contribution in [0.25, 0.3) is 10.2 Å². The van der Waals surface area contributed by atoms with Crippen LogP contribution in [0.3, 0.4) is 0 Å². The number of esters is 2. The minimum absolute atomic E-state index is 0.130. The summed E-state index contributed by atoms with van der Waals surface area (Å²) in [5.74, 6) is -1.47. The predicted molar refractivity (Wildman–Crippen MR) is 111 cm³/mol. The maximum atomic E-state index is 12.4. The van der Waals surface area contributed by atoms with Gasteiger partial charge in [0.05, 0.1) is 12.0 Å². The molecule has 166 valence electrons. The second kappa shape index (κ2) is 8.46. The van der Waals surface area contributed by atoms with Gasteiger partial charge in [-0.2, -0.15) is 0 Å². The Labute approximate surface area is 181 Å². The Morgan fingerprint density at radius 3 is 2.55 bits per heavy atom. The molecule has 11 nitrogen and oxygen atoms in total. The number of ether oxygens (including phenoxy) is 2. The third-order valence-electron chi connectivity index (χ3n) is 5.03. The monoisotopic (exact) mass is 449 g/mol. The lowest BCUT2D eigenvalue weighted by Crippen LogP contribution is -2.43. The number of anilines is 1. The number of amides is 3. The maximum absolute atomic E-state index is 12.4. The summed E-state index contributed by atoms with van der Waals surface area (Å²) in [7, 11) is 0. The van der Waals surface area contributed by atoms with Gasteiger partial charge < -0.3 is 20.5 Å². The summed E-state index contributed by atoms with van der Waals surface area (Å²) in [6.07, 6.45) is 0.393. The fourth-order valence-electron chi connectivity index (χ4n) is 3.12. The summed E-state index contributed by atoms with van der Waals surface area (Å²) in [6, 6.07) is -0.645. The van der Waals surface area contributed by atoms with Gasteiger partial charge in [-0.1, -0.05) is 6.92 Å². The quantitative estimate of drug-likeness (QED) is 0.473. The third kappa shape index (κ3) is 4.15. The van der Waals surface area contributed by atoms with Crippen LogP contribution >= 0.6 is 11.3 Å². The molecule has 0 saturated carbocycles. The number of urea groups is 1. The molecular weight excluding hydrogens is 426 g/mol. The number of hydrogen-bond donors (Lipinski definition) is 2. The second-order valence-electron chi connectivity index (χ2n) is 7.15. The van der Waals surface area contributed by atoms with E-state index in [4.69, 9.17) is 15.2 Å². The van der Waals surface area contributed by atoms with E-state index in [1.165, 1.54) is 0 Å². The molecule has 0 radical (unpaired) electrons. The molecule has 0 aromatic carbocycles. The first-order chi connectivity index (χ1) is 14.6. The normalized spacial score (nSPS) is 18.4. The molecule has 3 heterocycles. The number of aromatic nitrogens is 2. The first-order valence-electron chi connectivity index (χ1n) is 9.63. The van der Waals surface area contributed by atoms with E-state index in [9.17, 15) is 19.2 Å². The molecule has 1 aliphatic rings. The first-order valence-corrected chi connectivity index (χ1v) is 10.4. The van der Waals surface area contributed by atoms with Gasteiger partial charge in [0.1, 0.15) is 27.6 Å². The Bertz CT molecular complexity index is 1080. The van der Waals surface area contributed by atoms with Crippen molar-refractivity contribution in [2.75, 3.05) is 18.9 Å². The van der Waals surface area contributed by atoms with Gasteiger partial charge in [0, 0.05) is 0 Å². The Morgan fingerprint density at radius 2 is 1.94 bits per heavy atom. The number of nitrogens with two attached hydrogens (primary N) is 1. The van der Waals surface area contributed by atoms with Gasteiger partial charge in [-0.25, -0.2) is 19.6 Å². The third-order valence-corrected chi connectivity index (χ3v) is 6.19. The van der Waals surface area contributed by atoms with Crippen molar-refractivity contribution in [3.63, 3.8) is 0 Å². The summed E-state index contributed by atoms with van der Waals surface area (Å²) in [6.45, 7) is 6.21. The average Bonchev–Trinajstić information content (AvgIpc) is 3.16. The largest absolute Gasteiger partial charge is 0.462 e. The van der Waals surface area contributed by atoms with Crippen molar-refractivity contribution in [1.82, 2.24) is 20.2 Å². The van der Waals surface area contributed by atoms with Gasteiger partial charge >= 0.3 is 18.0 Å². The van der Waals surface area contributed by atoms with Crippen LogP contribution in [0, 0.1) is 6.92 Å². The Hall–Kier alpha value is -3.28. The van der Waals surface area contributed by atoms with Crippen LogP contribution in [-0.2, 0) is 25.7 Å². The molecule has 2 aromatic rings. The zero-order valence-corrected chi connectivity index (χ0v) is 18.4. The standard InChI is InChI=1S/C19H23N5O6S/c1-5-19(4)17(27)24(18(28)23-19)7-11(25)30-8-10-21-14(20)12-9(3)13(16(26)29-6-2)31-15(12)22-10/h5-8H2,1-4H3,(H,23,28)(H2,20,21,22). The molecule has 1 atom stereocenters. The number of nitrogens with zero attached hydrogens (tertiary/aromatic N) is 3. The SMILES string of the molecule is CCOC(=O)c1sc2nc(COC(=O)CN3C(=O)NC(C)(CC)C3=O)nc(N)c2c1C. The lowest BCUT2D eigenvalue weighted by atomic mass is 9.99. The van der Waals surface area contributed by atoms with Crippen molar-refractivity contribution in [1.29, 1.82) is 0 Å². The lowest BCUT2D eigenvalue weighted by molar-refractivity contribution is -0.149. The van der Waals surface area contributed by atoms with Crippen molar-refractivity contribution in [3.05, 3.63) is 16.3 Å². The molecule has 12 heteroatoms. The minimum atomic E-state index is -1.03. The van der Waals surface area contributed by atoms with Crippen molar-refractivity contribution >= 4 is 51.2 Å². The topological polar surface area (TPSA) is 154 Å². The molecule has 3 amide bonds. The fourth-order valence-corrected chi connectivity index (χ4v) is 4.22. The van der Waals surface area contributed by atoms with Gasteiger partial charge in [-0.15, -0.1) is 11.3 Å². The van der Waals surface area contributed by atoms with Crippen LogP contribution < -0.4 is 11.1 Å². The molecule has 1 saturated heterocycles. The van der Waals surface area contributed by atoms with Crippen molar-refractivity contribution in [2.45, 2.75) is 46.3 Å². The molecule has 1 fully saturated rings. The summed E-state index contributed by atoms with van der Waals surface area (Å²) in [4.78, 5) is 58.8. The summed E-state index contributed by atoms with van der Waals surface area (Å²) >= 11 is 1.11. The van der Waals surface area contributed by atoms with E-state index in [1.807, 2.05) is 0 Å². The van der Waals surface area contributed by atoms with Gasteiger partial charge in [0.25, 0.3) is 5.91 Å². The lowest BCUT2D eigenvalue weighted by Gasteiger charge is -2.18. The van der Waals surface area contributed by atoms with E-state index in [2.05, 4.69) is 15.3 Å². The van der Waals surface area contributed by atoms with Crippen LogP contribution in [0.2, 0.25) is 0 Å². The molecule has 3 N–H and O–H groups in total. The molecule has 0 spiro atoms. The highest BCUT2D eigenvalue weighted by molar-refractivity contribution is 7.20. The zero-order valence-electron chi connectivity index (χ0n) is 17.6. The van der Waals surface area contributed by atoms with Crippen molar-refractivity contribution in [3.8, 4) is 0 Å². The van der Waals surface area contributed by atoms with E-state index in [0.29, 0.717) is 27.1 Å². The highest BCUT2D eigenvalue weighted by Gasteiger charge is 2.47. The van der Waals surface area contributed by atoms with E-state index in [-0.39, 0.29) is 24.9 Å². The van der Waals surface area contributed by atoms with Gasteiger partial charge in [0.15, 0.2) is 12.4 Å². The Kier molecular flexibility index (Phi) is 6.11. The second-order valence-corrected chi connectivity index (χ2v) is 8.15.